The van der Waals surface area contributed by atoms with Crippen molar-refractivity contribution in [2.24, 2.45) is 16.6 Å². The van der Waals surface area contributed by atoms with Gasteiger partial charge in [-0.2, -0.15) is 0 Å². The number of rotatable bonds is 5. The van der Waals surface area contributed by atoms with Crippen LogP contribution in [0.25, 0.3) is 0 Å². The maximum absolute atomic E-state index is 12.2. The maximum Gasteiger partial charge on any atom is 0.251 e. The van der Waals surface area contributed by atoms with Crippen LogP contribution < -0.4 is 16.4 Å². The number of hydrogen-bond acceptors (Lipinski definition) is 2. The molecule has 23 heavy (non-hydrogen) atoms. The molecular weight excluding hydrogens is 288 g/mol. The fourth-order valence-corrected chi connectivity index (χ4v) is 2.40. The van der Waals surface area contributed by atoms with Crippen LogP contribution in [-0.4, -0.2) is 24.0 Å². The number of carbonyl (C=O) groups excluding carboxylic acids is 1. The van der Waals surface area contributed by atoms with Crippen molar-refractivity contribution < 1.29 is 4.79 Å². The fourth-order valence-electron chi connectivity index (χ4n) is 2.40. The van der Waals surface area contributed by atoms with Crippen LogP contribution in [0.3, 0.4) is 0 Å². The first-order valence-corrected chi connectivity index (χ1v) is 8.29. The molecule has 1 aromatic rings. The molecule has 0 radical (unpaired) electrons. The number of nitrogens with zero attached hydrogens (tertiary/aromatic N) is 1. The van der Waals surface area contributed by atoms with Gasteiger partial charge in [-0.05, 0) is 57.2 Å². The molecule has 0 unspecified atom stereocenters. The summed E-state index contributed by atoms with van der Waals surface area (Å²) >= 11 is 0. The maximum atomic E-state index is 12.2. The third kappa shape index (κ3) is 5.93. The molecule has 0 heterocycles. The quantitative estimate of drug-likeness (QED) is 0.576. The third-order valence-electron chi connectivity index (χ3n) is 3.91. The van der Waals surface area contributed by atoms with Crippen LogP contribution in [0.4, 0.5) is 0 Å². The van der Waals surface area contributed by atoms with E-state index in [0.717, 1.165) is 18.0 Å². The van der Waals surface area contributed by atoms with E-state index in [0.29, 0.717) is 18.1 Å². The fraction of sp³-hybridized carbons (Fsp3) is 0.556. The second-order valence-corrected chi connectivity index (χ2v) is 7.28. The molecule has 1 saturated carbocycles. The van der Waals surface area contributed by atoms with Gasteiger partial charge in [0.05, 0.1) is 6.54 Å². The second kappa shape index (κ2) is 7.49. The minimum Gasteiger partial charge on any atom is -0.370 e. The Kier molecular flexibility index (Phi) is 5.64. The number of aliphatic imine (C=N–C) groups is 1. The molecule has 1 amide bonds. The number of benzene rings is 1. The zero-order chi connectivity index (χ0) is 16.9. The Morgan fingerprint density at radius 3 is 2.70 bits per heavy atom. The monoisotopic (exact) mass is 316 g/mol. The molecule has 4 N–H and O–H groups in total. The highest BCUT2D eigenvalue weighted by Gasteiger charge is 2.17. The average Bonchev–Trinajstić information content (AvgIpc) is 2.42. The van der Waals surface area contributed by atoms with Crippen LogP contribution in [0.1, 0.15) is 56.0 Å². The van der Waals surface area contributed by atoms with E-state index in [9.17, 15) is 4.79 Å². The summed E-state index contributed by atoms with van der Waals surface area (Å²) in [4.78, 5) is 16.5. The van der Waals surface area contributed by atoms with Crippen molar-refractivity contribution in [3.63, 3.8) is 0 Å². The molecule has 0 saturated heterocycles. The molecule has 1 aliphatic rings. The van der Waals surface area contributed by atoms with Crippen molar-refractivity contribution in [2.75, 3.05) is 6.54 Å². The lowest BCUT2D eigenvalue weighted by atomic mass is 9.85. The molecule has 0 spiro atoms. The third-order valence-corrected chi connectivity index (χ3v) is 3.91. The molecule has 1 aromatic carbocycles. The van der Waals surface area contributed by atoms with Crippen molar-refractivity contribution in [1.29, 1.82) is 0 Å². The molecule has 5 heteroatoms. The SMILES string of the molecule is CC(C)(C)NC(=O)c1cccc(CN=C(N)NCC2CCC2)c1. The number of amides is 1. The van der Waals surface area contributed by atoms with Crippen LogP contribution in [0.15, 0.2) is 29.3 Å². The molecule has 126 valence electrons. The van der Waals surface area contributed by atoms with Crippen LogP contribution in [0, 0.1) is 5.92 Å². The van der Waals surface area contributed by atoms with Gasteiger partial charge < -0.3 is 16.4 Å². The Morgan fingerprint density at radius 1 is 1.35 bits per heavy atom. The van der Waals surface area contributed by atoms with E-state index < -0.39 is 0 Å². The van der Waals surface area contributed by atoms with E-state index in [1.54, 1.807) is 0 Å². The Morgan fingerprint density at radius 2 is 2.09 bits per heavy atom. The lowest BCUT2D eigenvalue weighted by molar-refractivity contribution is 0.0919. The first-order chi connectivity index (χ1) is 10.8. The van der Waals surface area contributed by atoms with Crippen molar-refractivity contribution >= 4 is 11.9 Å². The normalized spacial score (nSPS) is 15.9. The average molecular weight is 316 g/mol. The molecule has 0 aromatic heterocycles. The van der Waals surface area contributed by atoms with Crippen LogP contribution >= 0.6 is 0 Å². The van der Waals surface area contributed by atoms with Gasteiger partial charge in [0.1, 0.15) is 0 Å². The summed E-state index contributed by atoms with van der Waals surface area (Å²) in [5, 5.41) is 6.13. The highest BCUT2D eigenvalue weighted by molar-refractivity contribution is 5.94. The van der Waals surface area contributed by atoms with Crippen LogP contribution in [0.2, 0.25) is 0 Å². The summed E-state index contributed by atoms with van der Waals surface area (Å²) in [7, 11) is 0. The number of nitrogens with two attached hydrogens (primary N) is 1. The van der Waals surface area contributed by atoms with E-state index in [1.807, 2.05) is 45.0 Å². The van der Waals surface area contributed by atoms with Gasteiger partial charge in [-0.15, -0.1) is 0 Å². The van der Waals surface area contributed by atoms with E-state index in [4.69, 9.17) is 5.73 Å². The Balaban J connectivity index is 1.89. The van der Waals surface area contributed by atoms with Gasteiger partial charge in [0.2, 0.25) is 0 Å². The van der Waals surface area contributed by atoms with Gasteiger partial charge >= 0.3 is 0 Å². The zero-order valence-corrected chi connectivity index (χ0v) is 14.4. The summed E-state index contributed by atoms with van der Waals surface area (Å²) in [6.45, 7) is 7.28. The first kappa shape index (κ1) is 17.3. The number of hydrogen-bond donors (Lipinski definition) is 3. The minimum atomic E-state index is -0.249. The molecule has 1 fully saturated rings. The van der Waals surface area contributed by atoms with Crippen molar-refractivity contribution in [3.05, 3.63) is 35.4 Å². The number of nitrogens with one attached hydrogen (secondary N) is 2. The standard InChI is InChI=1S/C18H28N4O/c1-18(2,3)22-16(23)15-9-5-8-14(10-15)12-21-17(19)20-11-13-6-4-7-13/h5,8-10,13H,4,6-7,11-12H2,1-3H3,(H,22,23)(H3,19,20,21). The van der Waals surface area contributed by atoms with Crippen LogP contribution in [0.5, 0.6) is 0 Å². The Bertz CT molecular complexity index is 571. The van der Waals surface area contributed by atoms with Gasteiger partial charge in [-0.1, -0.05) is 18.6 Å². The van der Waals surface area contributed by atoms with Gasteiger partial charge in [0.15, 0.2) is 5.96 Å². The Labute approximate surface area is 138 Å². The molecule has 5 nitrogen and oxygen atoms in total. The molecule has 0 atom stereocenters. The van der Waals surface area contributed by atoms with Gasteiger partial charge in [-0.3, -0.25) is 4.79 Å². The second-order valence-electron chi connectivity index (χ2n) is 7.28. The lowest BCUT2D eigenvalue weighted by Gasteiger charge is -2.25. The van der Waals surface area contributed by atoms with Gasteiger partial charge in [-0.25, -0.2) is 4.99 Å². The Hall–Kier alpha value is -2.04. The predicted molar refractivity (Wildman–Crippen MR) is 94.3 cm³/mol. The molecule has 1 aliphatic carbocycles. The summed E-state index contributed by atoms with van der Waals surface area (Å²) in [6.07, 6.45) is 3.89. The first-order valence-electron chi connectivity index (χ1n) is 8.29. The summed E-state index contributed by atoms with van der Waals surface area (Å²) in [6, 6.07) is 7.51. The van der Waals surface area contributed by atoms with Crippen molar-refractivity contribution in [1.82, 2.24) is 10.6 Å². The van der Waals surface area contributed by atoms with E-state index in [-0.39, 0.29) is 11.4 Å². The molecule has 2 rings (SSSR count). The topological polar surface area (TPSA) is 79.5 Å². The van der Waals surface area contributed by atoms with Crippen LogP contribution in [-0.2, 0) is 6.54 Å². The van der Waals surface area contributed by atoms with E-state index in [1.165, 1.54) is 19.3 Å². The summed E-state index contributed by atoms with van der Waals surface area (Å²) in [5.41, 5.74) is 7.26. The van der Waals surface area contributed by atoms with Gasteiger partial charge in [0.25, 0.3) is 5.91 Å². The smallest absolute Gasteiger partial charge is 0.251 e. The van der Waals surface area contributed by atoms with Crippen molar-refractivity contribution in [2.45, 2.75) is 52.1 Å². The largest absolute Gasteiger partial charge is 0.370 e. The van der Waals surface area contributed by atoms with Crippen molar-refractivity contribution in [3.8, 4) is 0 Å². The molecule has 0 aliphatic heterocycles. The van der Waals surface area contributed by atoms with Gasteiger partial charge in [0, 0.05) is 17.6 Å². The van der Waals surface area contributed by atoms with E-state index in [2.05, 4.69) is 15.6 Å². The summed E-state index contributed by atoms with van der Waals surface area (Å²) < 4.78 is 0. The molecule has 0 bridgehead atoms. The zero-order valence-electron chi connectivity index (χ0n) is 14.4. The number of carbonyl (C=O) groups is 1. The number of guanidine groups is 1. The molecular formula is C18H28N4O. The predicted octanol–water partition coefficient (Wildman–Crippen LogP) is 2.42. The van der Waals surface area contributed by atoms with E-state index >= 15 is 0 Å². The summed E-state index contributed by atoms with van der Waals surface area (Å²) in [5.74, 6) is 1.15. The highest BCUT2D eigenvalue weighted by Crippen LogP contribution is 2.24. The highest BCUT2D eigenvalue weighted by atomic mass is 16.1. The minimum absolute atomic E-state index is 0.0700. The lowest BCUT2D eigenvalue weighted by Crippen LogP contribution is -2.40.